The summed E-state index contributed by atoms with van der Waals surface area (Å²) >= 11 is 0.878. The van der Waals surface area contributed by atoms with Crippen LogP contribution >= 0.6 is 11.8 Å². The highest BCUT2D eigenvalue weighted by atomic mass is 32.2. The van der Waals surface area contributed by atoms with Crippen molar-refractivity contribution in [3.8, 4) is 0 Å². The number of benzene rings is 3. The maximum atomic E-state index is 14.3. The molecule has 0 fully saturated rings. The number of nitrogens with zero attached hydrogens (tertiary/aromatic N) is 1. The molecular weight excluding hydrogens is 524 g/mol. The largest absolute Gasteiger partial charge is 0.459 e. The summed E-state index contributed by atoms with van der Waals surface area (Å²) in [5.74, 6) is -1.83. The van der Waals surface area contributed by atoms with Gasteiger partial charge in [-0.05, 0) is 57.2 Å². The van der Waals surface area contributed by atoms with Gasteiger partial charge in [0.2, 0.25) is 5.12 Å². The average Bonchev–Trinajstić information content (AvgIpc) is 3.03. The molecule has 1 aliphatic rings. The number of ether oxygens (including phenoxy) is 1. The molecule has 3 aromatic rings. The SMILES string of the molecule is CC(C)(C)OC(=O)CN1C(=O)[C@@](N)(C(=O)[C@H](Cc2ccccc2)SC(=O)c2ccccc2)CCc2ccccc21. The Morgan fingerprint density at radius 3 is 2.20 bits per heavy atom. The molecule has 4 rings (SSSR count). The van der Waals surface area contributed by atoms with E-state index >= 15 is 0 Å². The van der Waals surface area contributed by atoms with Crippen molar-refractivity contribution >= 4 is 40.2 Å². The Morgan fingerprint density at radius 1 is 0.950 bits per heavy atom. The molecule has 1 amide bonds. The zero-order chi connectivity index (χ0) is 28.9. The summed E-state index contributed by atoms with van der Waals surface area (Å²) in [6, 6.07) is 25.2. The van der Waals surface area contributed by atoms with Crippen LogP contribution in [0.2, 0.25) is 0 Å². The molecule has 2 atom stereocenters. The molecule has 0 unspecified atom stereocenters. The molecule has 1 heterocycles. The number of nitrogens with two attached hydrogens (primary N) is 1. The second kappa shape index (κ2) is 12.2. The van der Waals surface area contributed by atoms with E-state index in [1.54, 1.807) is 57.2 Å². The van der Waals surface area contributed by atoms with Gasteiger partial charge in [0.25, 0.3) is 5.91 Å². The van der Waals surface area contributed by atoms with E-state index in [1.165, 1.54) is 4.90 Å². The van der Waals surface area contributed by atoms with Crippen LogP contribution in [-0.2, 0) is 32.0 Å². The number of hydrogen-bond acceptors (Lipinski definition) is 7. The fourth-order valence-corrected chi connectivity index (χ4v) is 5.86. The van der Waals surface area contributed by atoms with Crippen LogP contribution in [0.5, 0.6) is 0 Å². The van der Waals surface area contributed by atoms with Crippen LogP contribution in [-0.4, -0.2) is 45.7 Å². The topological polar surface area (TPSA) is 107 Å². The van der Waals surface area contributed by atoms with E-state index in [2.05, 4.69) is 0 Å². The minimum Gasteiger partial charge on any atom is -0.459 e. The number of ketones is 1. The molecule has 0 saturated heterocycles. The van der Waals surface area contributed by atoms with Gasteiger partial charge in [0, 0.05) is 11.3 Å². The monoisotopic (exact) mass is 558 g/mol. The van der Waals surface area contributed by atoms with Crippen molar-refractivity contribution < 1.29 is 23.9 Å². The fraction of sp³-hybridized carbons (Fsp3) is 0.312. The van der Waals surface area contributed by atoms with E-state index in [-0.39, 0.29) is 18.0 Å². The van der Waals surface area contributed by atoms with Gasteiger partial charge in [-0.1, -0.05) is 90.6 Å². The maximum Gasteiger partial charge on any atom is 0.326 e. The summed E-state index contributed by atoms with van der Waals surface area (Å²) in [4.78, 5) is 55.8. The lowest BCUT2D eigenvalue weighted by atomic mass is 9.85. The van der Waals surface area contributed by atoms with E-state index in [0.29, 0.717) is 17.7 Å². The Morgan fingerprint density at radius 2 is 1.55 bits per heavy atom. The summed E-state index contributed by atoms with van der Waals surface area (Å²) in [5, 5.41) is -1.21. The van der Waals surface area contributed by atoms with Crippen LogP contribution in [0.4, 0.5) is 5.69 Å². The molecule has 0 spiro atoms. The predicted molar refractivity (Wildman–Crippen MR) is 157 cm³/mol. The molecule has 0 bridgehead atoms. The van der Waals surface area contributed by atoms with Gasteiger partial charge < -0.3 is 10.5 Å². The molecule has 208 valence electrons. The van der Waals surface area contributed by atoms with Gasteiger partial charge in [-0.3, -0.25) is 24.1 Å². The number of hydrogen-bond donors (Lipinski definition) is 1. The molecule has 0 aromatic heterocycles. The first-order valence-electron chi connectivity index (χ1n) is 13.2. The van der Waals surface area contributed by atoms with Crippen molar-refractivity contribution in [1.82, 2.24) is 0 Å². The van der Waals surface area contributed by atoms with E-state index in [1.807, 2.05) is 48.5 Å². The molecule has 7 nitrogen and oxygen atoms in total. The Kier molecular flexibility index (Phi) is 8.91. The van der Waals surface area contributed by atoms with E-state index < -0.39 is 40.6 Å². The lowest BCUT2D eigenvalue weighted by Gasteiger charge is -2.33. The van der Waals surface area contributed by atoms with Gasteiger partial charge in [-0.25, -0.2) is 0 Å². The van der Waals surface area contributed by atoms with Gasteiger partial charge >= 0.3 is 5.97 Å². The summed E-state index contributed by atoms with van der Waals surface area (Å²) < 4.78 is 5.49. The molecule has 0 radical (unpaired) electrons. The Hall–Kier alpha value is -3.75. The van der Waals surface area contributed by atoms with Gasteiger partial charge in [0.15, 0.2) is 11.3 Å². The maximum absolute atomic E-state index is 14.3. The number of rotatable bonds is 8. The fourth-order valence-electron chi connectivity index (χ4n) is 4.74. The van der Waals surface area contributed by atoms with Crippen molar-refractivity contribution in [2.24, 2.45) is 5.73 Å². The second-order valence-corrected chi connectivity index (χ2v) is 12.1. The van der Waals surface area contributed by atoms with Crippen molar-refractivity contribution in [1.29, 1.82) is 0 Å². The predicted octanol–water partition coefficient (Wildman–Crippen LogP) is 4.76. The lowest BCUT2D eigenvalue weighted by molar-refractivity contribution is -0.154. The van der Waals surface area contributed by atoms with Crippen molar-refractivity contribution in [2.45, 2.75) is 56.4 Å². The highest BCUT2D eigenvalue weighted by molar-refractivity contribution is 8.15. The molecule has 1 aliphatic heterocycles. The van der Waals surface area contributed by atoms with Gasteiger partial charge in [0.1, 0.15) is 12.1 Å². The van der Waals surface area contributed by atoms with Crippen molar-refractivity contribution in [3.05, 3.63) is 102 Å². The van der Waals surface area contributed by atoms with Crippen LogP contribution in [0.3, 0.4) is 0 Å². The van der Waals surface area contributed by atoms with Crippen molar-refractivity contribution in [2.75, 3.05) is 11.4 Å². The highest BCUT2D eigenvalue weighted by Crippen LogP contribution is 2.34. The van der Waals surface area contributed by atoms with Gasteiger partial charge in [0.05, 0.1) is 5.25 Å². The number of amides is 1. The Balaban J connectivity index is 1.69. The van der Waals surface area contributed by atoms with E-state index in [9.17, 15) is 19.2 Å². The quantitative estimate of drug-likeness (QED) is 0.314. The number of Topliss-reactive ketones (excluding diaryl/α,β-unsaturated/α-hetero) is 1. The standard InChI is InChI=1S/C32H34N2O5S/c1-31(2,3)39-27(35)21-34-25-17-11-10-14-23(25)18-19-32(33,30(34)38)28(36)26(20-22-12-6-4-7-13-22)40-29(37)24-15-8-5-9-16-24/h4-17,26H,18-21,33H2,1-3H3/t26-,32-/m0/s1. The number of carbonyl (C=O) groups excluding carboxylic acids is 4. The van der Waals surface area contributed by atoms with Gasteiger partial charge in [-0.15, -0.1) is 0 Å². The third-order valence-corrected chi connectivity index (χ3v) is 7.77. The van der Waals surface area contributed by atoms with Crippen LogP contribution in [0, 0.1) is 0 Å². The number of fused-ring (bicyclic) bond motifs is 1. The summed E-state index contributed by atoms with van der Waals surface area (Å²) in [6.07, 6.45) is 0.608. The van der Waals surface area contributed by atoms with Crippen LogP contribution < -0.4 is 10.6 Å². The van der Waals surface area contributed by atoms with Crippen molar-refractivity contribution in [3.63, 3.8) is 0 Å². The van der Waals surface area contributed by atoms with E-state index in [4.69, 9.17) is 10.5 Å². The number of esters is 1. The first-order valence-corrected chi connectivity index (χ1v) is 14.1. The number of anilines is 1. The third-order valence-electron chi connectivity index (χ3n) is 6.66. The first-order chi connectivity index (χ1) is 19.0. The molecule has 3 aromatic carbocycles. The molecular formula is C32H34N2O5S. The van der Waals surface area contributed by atoms with E-state index in [0.717, 1.165) is 22.9 Å². The molecule has 8 heteroatoms. The Labute approximate surface area is 239 Å². The molecule has 0 aliphatic carbocycles. The van der Waals surface area contributed by atoms with Crippen LogP contribution in [0.1, 0.15) is 48.7 Å². The smallest absolute Gasteiger partial charge is 0.326 e. The van der Waals surface area contributed by atoms with Crippen LogP contribution in [0.25, 0.3) is 0 Å². The zero-order valence-corrected chi connectivity index (χ0v) is 23.8. The Bertz CT molecular complexity index is 1390. The summed E-state index contributed by atoms with van der Waals surface area (Å²) in [7, 11) is 0. The first kappa shape index (κ1) is 29.2. The number of carbonyl (C=O) groups is 4. The normalized spacial score (nSPS) is 17.9. The summed E-state index contributed by atoms with van der Waals surface area (Å²) in [6.45, 7) is 4.85. The minimum atomic E-state index is -1.95. The highest BCUT2D eigenvalue weighted by Gasteiger charge is 2.50. The number of aryl methyl sites for hydroxylation is 1. The number of para-hydroxylation sites is 1. The molecule has 40 heavy (non-hydrogen) atoms. The second-order valence-electron chi connectivity index (χ2n) is 10.9. The summed E-state index contributed by atoms with van der Waals surface area (Å²) in [5.41, 5.74) is 6.68. The zero-order valence-electron chi connectivity index (χ0n) is 23.0. The minimum absolute atomic E-state index is 0.0396. The van der Waals surface area contributed by atoms with Gasteiger partial charge in [-0.2, -0.15) is 0 Å². The third kappa shape index (κ3) is 6.87. The molecule has 2 N–H and O–H groups in total. The average molecular weight is 559 g/mol. The lowest BCUT2D eigenvalue weighted by Crippen LogP contribution is -2.63. The molecule has 0 saturated carbocycles. The number of thioether (sulfide) groups is 1. The van der Waals surface area contributed by atoms with Crippen LogP contribution in [0.15, 0.2) is 84.9 Å².